The highest BCUT2D eigenvalue weighted by molar-refractivity contribution is 7.91. The minimum atomic E-state index is -2.97. The van der Waals surface area contributed by atoms with E-state index in [-0.39, 0.29) is 17.5 Å². The third-order valence-electron chi connectivity index (χ3n) is 2.31. The van der Waals surface area contributed by atoms with Crippen molar-refractivity contribution in [2.75, 3.05) is 18.1 Å². The molecule has 0 saturated carbocycles. The lowest BCUT2D eigenvalue weighted by Gasteiger charge is -2.07. The van der Waals surface area contributed by atoms with Crippen molar-refractivity contribution in [1.29, 1.82) is 0 Å². The van der Waals surface area contributed by atoms with Gasteiger partial charge in [-0.1, -0.05) is 13.3 Å². The van der Waals surface area contributed by atoms with Crippen LogP contribution in [0.2, 0.25) is 0 Å². The Morgan fingerprint density at radius 1 is 1.50 bits per heavy atom. The smallest absolute Gasteiger partial charge is 0.309 e. The number of esters is 1. The number of ether oxygens (including phenoxy) is 1. The first-order chi connectivity index (χ1) is 6.55. The molecule has 0 spiro atoms. The molecule has 0 aromatic rings. The molecule has 0 amide bonds. The van der Waals surface area contributed by atoms with Crippen LogP contribution in [0, 0.1) is 5.92 Å². The Hall–Kier alpha value is -0.580. The number of hydrogen-bond donors (Lipinski definition) is 0. The molecule has 4 nitrogen and oxygen atoms in total. The van der Waals surface area contributed by atoms with E-state index in [0.717, 1.165) is 12.8 Å². The Morgan fingerprint density at radius 3 is 2.71 bits per heavy atom. The average molecular weight is 220 g/mol. The first-order valence-corrected chi connectivity index (χ1v) is 6.74. The maximum Gasteiger partial charge on any atom is 0.309 e. The highest BCUT2D eigenvalue weighted by atomic mass is 32.2. The summed E-state index contributed by atoms with van der Waals surface area (Å²) in [5.74, 6) is -0.672. The minimum Gasteiger partial charge on any atom is -0.465 e. The zero-order chi connectivity index (χ0) is 10.6. The molecule has 1 unspecified atom stereocenters. The van der Waals surface area contributed by atoms with Crippen LogP contribution in [0.1, 0.15) is 26.2 Å². The van der Waals surface area contributed by atoms with Crippen LogP contribution in [0.5, 0.6) is 0 Å². The number of carbonyl (C=O) groups is 1. The van der Waals surface area contributed by atoms with E-state index in [0.29, 0.717) is 13.0 Å². The van der Waals surface area contributed by atoms with E-state index in [1.165, 1.54) is 0 Å². The zero-order valence-electron chi connectivity index (χ0n) is 8.36. The highest BCUT2D eigenvalue weighted by Crippen LogP contribution is 2.19. The molecular weight excluding hydrogens is 204 g/mol. The molecule has 1 rings (SSSR count). The SMILES string of the molecule is CCCCOC(=O)C1CCS(=O)(=O)C1. The molecule has 14 heavy (non-hydrogen) atoms. The van der Waals surface area contributed by atoms with Crippen LogP contribution >= 0.6 is 0 Å². The third kappa shape index (κ3) is 3.29. The van der Waals surface area contributed by atoms with E-state index in [2.05, 4.69) is 0 Å². The van der Waals surface area contributed by atoms with Gasteiger partial charge in [0.2, 0.25) is 0 Å². The number of unbranched alkanes of at least 4 members (excludes halogenated alkanes) is 1. The normalized spacial score (nSPS) is 24.8. The maximum absolute atomic E-state index is 11.3. The lowest BCUT2D eigenvalue weighted by atomic mass is 10.1. The van der Waals surface area contributed by atoms with E-state index in [4.69, 9.17) is 4.74 Å². The molecule has 0 aromatic heterocycles. The number of rotatable bonds is 4. The van der Waals surface area contributed by atoms with Crippen molar-refractivity contribution in [3.05, 3.63) is 0 Å². The van der Waals surface area contributed by atoms with Gasteiger partial charge < -0.3 is 4.74 Å². The monoisotopic (exact) mass is 220 g/mol. The number of sulfone groups is 1. The van der Waals surface area contributed by atoms with Crippen LogP contribution in [0.15, 0.2) is 0 Å². The molecule has 0 radical (unpaired) electrons. The summed E-state index contributed by atoms with van der Waals surface area (Å²) < 4.78 is 27.1. The summed E-state index contributed by atoms with van der Waals surface area (Å²) in [6.45, 7) is 2.42. The van der Waals surface area contributed by atoms with Crippen LogP contribution in [0.4, 0.5) is 0 Å². The van der Waals surface area contributed by atoms with Gasteiger partial charge >= 0.3 is 5.97 Å². The van der Waals surface area contributed by atoms with Gasteiger partial charge in [0.1, 0.15) is 0 Å². The van der Waals surface area contributed by atoms with Crippen LogP contribution in [0.3, 0.4) is 0 Å². The maximum atomic E-state index is 11.3. The van der Waals surface area contributed by atoms with Crippen molar-refractivity contribution >= 4 is 15.8 Å². The van der Waals surface area contributed by atoms with Crippen molar-refractivity contribution in [2.45, 2.75) is 26.2 Å². The van der Waals surface area contributed by atoms with Crippen molar-refractivity contribution in [3.63, 3.8) is 0 Å². The fraction of sp³-hybridized carbons (Fsp3) is 0.889. The Bertz CT molecular complexity index is 294. The van der Waals surface area contributed by atoms with E-state index < -0.39 is 15.8 Å². The number of hydrogen-bond acceptors (Lipinski definition) is 4. The second kappa shape index (κ2) is 4.77. The lowest BCUT2D eigenvalue weighted by molar-refractivity contribution is -0.147. The topological polar surface area (TPSA) is 60.4 Å². The molecule has 0 aliphatic carbocycles. The van der Waals surface area contributed by atoms with E-state index in [1.54, 1.807) is 0 Å². The van der Waals surface area contributed by atoms with Crippen LogP contribution in [-0.2, 0) is 19.4 Å². The average Bonchev–Trinajstić information content (AvgIpc) is 2.46. The van der Waals surface area contributed by atoms with Gasteiger partial charge in [-0.25, -0.2) is 8.42 Å². The molecule has 0 aromatic carbocycles. The summed E-state index contributed by atoms with van der Waals surface area (Å²) in [6.07, 6.45) is 2.23. The Kier molecular flexibility index (Phi) is 3.92. The minimum absolute atomic E-state index is 0.0298. The molecule has 1 fully saturated rings. The predicted molar refractivity (Wildman–Crippen MR) is 52.6 cm³/mol. The van der Waals surface area contributed by atoms with Gasteiger partial charge in [0.15, 0.2) is 9.84 Å². The summed E-state index contributed by atoms with van der Waals surface area (Å²) in [5, 5.41) is 0. The Labute approximate surface area is 84.6 Å². The fourth-order valence-electron chi connectivity index (χ4n) is 1.42. The van der Waals surface area contributed by atoms with Gasteiger partial charge in [-0.05, 0) is 12.8 Å². The molecular formula is C9H16O4S. The van der Waals surface area contributed by atoms with Crippen molar-refractivity contribution in [1.82, 2.24) is 0 Å². The molecule has 0 bridgehead atoms. The molecule has 82 valence electrons. The molecule has 1 saturated heterocycles. The summed E-state index contributed by atoms with van der Waals surface area (Å²) in [6, 6.07) is 0. The van der Waals surface area contributed by atoms with Gasteiger partial charge in [-0.15, -0.1) is 0 Å². The standard InChI is InChI=1S/C9H16O4S/c1-2-3-5-13-9(10)8-4-6-14(11,12)7-8/h8H,2-7H2,1H3. The number of carbonyl (C=O) groups excluding carboxylic acids is 1. The van der Waals surface area contributed by atoms with E-state index in [1.807, 2.05) is 6.92 Å². The second-order valence-electron chi connectivity index (χ2n) is 3.62. The van der Waals surface area contributed by atoms with Crippen LogP contribution in [0.25, 0.3) is 0 Å². The molecule has 1 atom stereocenters. The molecule has 1 aliphatic rings. The summed E-state index contributed by atoms with van der Waals surface area (Å²) in [7, 11) is -2.97. The van der Waals surface area contributed by atoms with Crippen LogP contribution in [-0.4, -0.2) is 32.5 Å². The van der Waals surface area contributed by atoms with Gasteiger partial charge in [-0.2, -0.15) is 0 Å². The van der Waals surface area contributed by atoms with Crippen molar-refractivity contribution in [2.24, 2.45) is 5.92 Å². The van der Waals surface area contributed by atoms with E-state index >= 15 is 0 Å². The van der Waals surface area contributed by atoms with Gasteiger partial charge in [-0.3, -0.25) is 4.79 Å². The third-order valence-corrected chi connectivity index (χ3v) is 4.08. The Morgan fingerprint density at radius 2 is 2.21 bits per heavy atom. The summed E-state index contributed by atoms with van der Waals surface area (Å²) in [4.78, 5) is 11.3. The van der Waals surface area contributed by atoms with Crippen LogP contribution < -0.4 is 0 Å². The molecule has 5 heteroatoms. The van der Waals surface area contributed by atoms with Gasteiger partial charge in [0.05, 0.1) is 24.0 Å². The molecule has 1 heterocycles. The van der Waals surface area contributed by atoms with Gasteiger partial charge in [0, 0.05) is 0 Å². The fourth-order valence-corrected chi connectivity index (χ4v) is 3.14. The Balaban J connectivity index is 2.33. The lowest BCUT2D eigenvalue weighted by Crippen LogP contribution is -2.19. The zero-order valence-corrected chi connectivity index (χ0v) is 9.18. The van der Waals surface area contributed by atoms with Crippen molar-refractivity contribution < 1.29 is 17.9 Å². The summed E-state index contributed by atoms with van der Waals surface area (Å²) >= 11 is 0. The summed E-state index contributed by atoms with van der Waals surface area (Å²) in [5.41, 5.74) is 0. The molecule has 0 N–H and O–H groups in total. The highest BCUT2D eigenvalue weighted by Gasteiger charge is 2.33. The first-order valence-electron chi connectivity index (χ1n) is 4.92. The quantitative estimate of drug-likeness (QED) is 0.518. The van der Waals surface area contributed by atoms with Crippen molar-refractivity contribution in [3.8, 4) is 0 Å². The first kappa shape index (κ1) is 11.5. The predicted octanol–water partition coefficient (Wildman–Crippen LogP) is 0.764. The van der Waals surface area contributed by atoms with Gasteiger partial charge in [0.25, 0.3) is 0 Å². The second-order valence-corrected chi connectivity index (χ2v) is 5.85. The largest absolute Gasteiger partial charge is 0.465 e. The molecule has 1 aliphatic heterocycles. The van der Waals surface area contributed by atoms with E-state index in [9.17, 15) is 13.2 Å².